The van der Waals surface area contributed by atoms with Crippen molar-refractivity contribution in [3.8, 4) is 0 Å². The van der Waals surface area contributed by atoms with Crippen molar-refractivity contribution < 1.29 is 34.1 Å². The highest BCUT2D eigenvalue weighted by Gasteiger charge is 2.48. The molecule has 0 bridgehead atoms. The third-order valence-electron chi connectivity index (χ3n) is 3.72. The van der Waals surface area contributed by atoms with Crippen molar-refractivity contribution in [1.82, 2.24) is 10.2 Å². The molecule has 130 valence electrons. The molecule has 2 saturated heterocycles. The number of carbonyl (C=O) groups is 3. The Kier molecular flexibility index (Phi) is 4.92. The lowest BCUT2D eigenvalue weighted by molar-refractivity contribution is -0.160. The first-order valence-corrected chi connectivity index (χ1v) is 7.40. The van der Waals surface area contributed by atoms with Crippen LogP contribution in [0.5, 0.6) is 0 Å². The van der Waals surface area contributed by atoms with Gasteiger partial charge in [0.1, 0.15) is 24.9 Å². The zero-order valence-corrected chi connectivity index (χ0v) is 13.3. The molecule has 0 saturated carbocycles. The number of carbonyl (C=O) groups excluding carboxylic acids is 3. The van der Waals surface area contributed by atoms with Gasteiger partial charge in [0.25, 0.3) is 0 Å². The molecular weight excluding hydrogens is 308 g/mol. The Bertz CT molecular complexity index is 502. The van der Waals surface area contributed by atoms with Crippen molar-refractivity contribution in [3.63, 3.8) is 0 Å². The van der Waals surface area contributed by atoms with Crippen LogP contribution in [0.15, 0.2) is 0 Å². The third kappa shape index (κ3) is 3.80. The van der Waals surface area contributed by atoms with E-state index < -0.39 is 47.9 Å². The van der Waals surface area contributed by atoms with Crippen LogP contribution in [0, 0.1) is 5.41 Å². The van der Waals surface area contributed by atoms with Gasteiger partial charge in [-0.2, -0.15) is 0 Å². The largest absolute Gasteiger partial charge is 0.462 e. The summed E-state index contributed by atoms with van der Waals surface area (Å²) < 4.78 is 10.6. The van der Waals surface area contributed by atoms with Crippen LogP contribution in [0.4, 0.5) is 4.79 Å². The van der Waals surface area contributed by atoms with Gasteiger partial charge in [-0.1, -0.05) is 0 Å². The van der Waals surface area contributed by atoms with Crippen LogP contribution < -0.4 is 5.32 Å². The SMILES string of the molecule is CC(C)(C)C(=O)OC[C@H]1O[C@@H](N2CCC(=O)NC2=O)[C@H](O)[C@@H]1O. The number of ether oxygens (including phenoxy) is 2. The molecule has 0 unspecified atom stereocenters. The van der Waals surface area contributed by atoms with E-state index in [4.69, 9.17) is 9.47 Å². The standard InChI is InChI=1S/C14H22N2O7/c1-14(2,3)12(20)22-6-7-9(18)10(19)11(23-7)16-5-4-8(17)15-13(16)21/h7,9-11,18-19H,4-6H2,1-3H3,(H,15,17,21)/t7-,9-,10-,11-/m1/s1. The van der Waals surface area contributed by atoms with Crippen LogP contribution in [-0.2, 0) is 19.1 Å². The summed E-state index contributed by atoms with van der Waals surface area (Å²) in [5, 5.41) is 22.2. The highest BCUT2D eigenvalue weighted by molar-refractivity contribution is 5.96. The Hall–Kier alpha value is -1.71. The summed E-state index contributed by atoms with van der Waals surface area (Å²) in [6.45, 7) is 4.91. The number of nitrogens with zero attached hydrogens (tertiary/aromatic N) is 1. The first-order chi connectivity index (χ1) is 10.6. The van der Waals surface area contributed by atoms with Crippen LogP contribution in [0.25, 0.3) is 0 Å². The molecule has 3 N–H and O–H groups in total. The van der Waals surface area contributed by atoms with Crippen molar-refractivity contribution in [3.05, 3.63) is 0 Å². The van der Waals surface area contributed by atoms with Gasteiger partial charge in [0.2, 0.25) is 5.91 Å². The monoisotopic (exact) mass is 330 g/mol. The number of aliphatic hydroxyl groups is 2. The van der Waals surface area contributed by atoms with E-state index in [1.807, 2.05) is 0 Å². The Morgan fingerprint density at radius 1 is 1.35 bits per heavy atom. The van der Waals surface area contributed by atoms with E-state index in [9.17, 15) is 24.6 Å². The number of nitrogens with one attached hydrogen (secondary N) is 1. The smallest absolute Gasteiger partial charge is 0.326 e. The lowest BCUT2D eigenvalue weighted by Crippen LogP contribution is -2.56. The summed E-state index contributed by atoms with van der Waals surface area (Å²) in [5.74, 6) is -0.873. The molecule has 3 amide bonds. The summed E-state index contributed by atoms with van der Waals surface area (Å²) in [4.78, 5) is 35.8. The second-order valence-electron chi connectivity index (χ2n) is 6.69. The van der Waals surface area contributed by atoms with Gasteiger partial charge in [-0.05, 0) is 20.8 Å². The molecule has 2 aliphatic rings. The predicted molar refractivity (Wildman–Crippen MR) is 76.0 cm³/mol. The van der Waals surface area contributed by atoms with Gasteiger partial charge in [-0.25, -0.2) is 4.79 Å². The summed E-state index contributed by atoms with van der Waals surface area (Å²) >= 11 is 0. The highest BCUT2D eigenvalue weighted by Crippen LogP contribution is 2.26. The average Bonchev–Trinajstić information content (AvgIpc) is 2.72. The molecule has 0 aliphatic carbocycles. The number of urea groups is 1. The summed E-state index contributed by atoms with van der Waals surface area (Å²) in [6, 6.07) is -0.690. The number of amides is 3. The summed E-state index contributed by atoms with van der Waals surface area (Å²) in [7, 11) is 0. The second-order valence-corrected chi connectivity index (χ2v) is 6.69. The number of hydrogen-bond donors (Lipinski definition) is 3. The molecule has 0 aromatic rings. The Morgan fingerprint density at radius 2 is 2.00 bits per heavy atom. The van der Waals surface area contributed by atoms with Crippen LogP contribution >= 0.6 is 0 Å². The maximum Gasteiger partial charge on any atom is 0.326 e. The maximum absolute atomic E-state index is 11.8. The Labute approximate surface area is 133 Å². The van der Waals surface area contributed by atoms with E-state index in [1.54, 1.807) is 20.8 Å². The minimum absolute atomic E-state index is 0.0770. The molecule has 23 heavy (non-hydrogen) atoms. The highest BCUT2D eigenvalue weighted by atomic mass is 16.6. The van der Waals surface area contributed by atoms with Crippen molar-refractivity contribution in [2.24, 2.45) is 5.41 Å². The van der Waals surface area contributed by atoms with E-state index >= 15 is 0 Å². The molecular formula is C14H22N2O7. The van der Waals surface area contributed by atoms with E-state index in [1.165, 1.54) is 0 Å². The van der Waals surface area contributed by atoms with Gasteiger partial charge in [0, 0.05) is 13.0 Å². The first kappa shape index (κ1) is 17.6. The quantitative estimate of drug-likeness (QED) is 0.565. The molecule has 0 spiro atoms. The Morgan fingerprint density at radius 3 is 2.57 bits per heavy atom. The summed E-state index contributed by atoms with van der Waals surface area (Å²) in [5.41, 5.74) is -0.700. The molecule has 0 radical (unpaired) electrons. The fraction of sp³-hybridized carbons (Fsp3) is 0.786. The van der Waals surface area contributed by atoms with Crippen molar-refractivity contribution in [1.29, 1.82) is 0 Å². The van der Waals surface area contributed by atoms with E-state index in [0.29, 0.717) is 0 Å². The van der Waals surface area contributed by atoms with Gasteiger partial charge < -0.3 is 19.7 Å². The van der Waals surface area contributed by atoms with Crippen molar-refractivity contribution in [2.45, 2.75) is 51.7 Å². The van der Waals surface area contributed by atoms with Crippen molar-refractivity contribution >= 4 is 17.9 Å². The van der Waals surface area contributed by atoms with Crippen LogP contribution in [-0.4, -0.2) is 70.7 Å². The number of imide groups is 1. The van der Waals surface area contributed by atoms with Crippen LogP contribution in [0.3, 0.4) is 0 Å². The molecule has 4 atom stereocenters. The maximum atomic E-state index is 11.8. The van der Waals surface area contributed by atoms with Crippen molar-refractivity contribution in [2.75, 3.05) is 13.2 Å². The lowest BCUT2D eigenvalue weighted by Gasteiger charge is -2.32. The number of aliphatic hydroxyl groups excluding tert-OH is 2. The minimum Gasteiger partial charge on any atom is -0.462 e. The molecule has 0 aromatic heterocycles. The van der Waals surface area contributed by atoms with Gasteiger partial charge in [0.15, 0.2) is 6.23 Å². The lowest BCUT2D eigenvalue weighted by atomic mass is 9.97. The zero-order chi connectivity index (χ0) is 17.4. The topological polar surface area (TPSA) is 125 Å². The molecule has 0 aromatic carbocycles. The molecule has 9 heteroatoms. The van der Waals surface area contributed by atoms with Crippen LogP contribution in [0.1, 0.15) is 27.2 Å². The first-order valence-electron chi connectivity index (χ1n) is 7.40. The predicted octanol–water partition coefficient (Wildman–Crippen LogP) is -1.04. The number of rotatable bonds is 3. The van der Waals surface area contributed by atoms with Gasteiger partial charge in [-0.15, -0.1) is 0 Å². The van der Waals surface area contributed by atoms with E-state index in [2.05, 4.69) is 5.32 Å². The molecule has 2 rings (SSSR count). The zero-order valence-electron chi connectivity index (χ0n) is 13.3. The fourth-order valence-electron chi connectivity index (χ4n) is 2.32. The molecule has 9 nitrogen and oxygen atoms in total. The normalized spacial score (nSPS) is 32.0. The average molecular weight is 330 g/mol. The van der Waals surface area contributed by atoms with E-state index in [0.717, 1.165) is 4.90 Å². The summed E-state index contributed by atoms with van der Waals surface area (Å²) in [6.07, 6.45) is -4.63. The third-order valence-corrected chi connectivity index (χ3v) is 3.72. The van der Waals surface area contributed by atoms with Gasteiger partial charge in [0.05, 0.1) is 5.41 Å². The molecule has 2 fully saturated rings. The number of hydrogen-bond acceptors (Lipinski definition) is 7. The second kappa shape index (κ2) is 6.42. The molecule has 2 aliphatic heterocycles. The van der Waals surface area contributed by atoms with Crippen LogP contribution in [0.2, 0.25) is 0 Å². The Balaban J connectivity index is 1.97. The molecule has 2 heterocycles. The van der Waals surface area contributed by atoms with Gasteiger partial charge in [-0.3, -0.25) is 19.8 Å². The minimum atomic E-state index is -1.35. The number of esters is 1. The fourth-order valence-corrected chi connectivity index (χ4v) is 2.32. The van der Waals surface area contributed by atoms with E-state index in [-0.39, 0.29) is 19.6 Å². The van der Waals surface area contributed by atoms with Gasteiger partial charge >= 0.3 is 12.0 Å².